The van der Waals surface area contributed by atoms with Gasteiger partial charge in [-0.1, -0.05) is 60.7 Å². The molecule has 2 aromatic rings. The molecule has 0 spiro atoms. The summed E-state index contributed by atoms with van der Waals surface area (Å²) in [5.41, 5.74) is 5.88. The Morgan fingerprint density at radius 2 is 1.54 bits per heavy atom. The van der Waals surface area contributed by atoms with Crippen molar-refractivity contribution in [2.24, 2.45) is 0 Å². The van der Waals surface area contributed by atoms with Gasteiger partial charge < -0.3 is 4.74 Å². The van der Waals surface area contributed by atoms with Crippen molar-refractivity contribution in [3.8, 4) is 0 Å². The molecular weight excluding hydrogens is 296 g/mol. The van der Waals surface area contributed by atoms with Crippen molar-refractivity contribution >= 4 is 17.1 Å². The van der Waals surface area contributed by atoms with E-state index < -0.39 is 5.60 Å². The number of ether oxygens (including phenoxy) is 1. The van der Waals surface area contributed by atoms with E-state index in [1.54, 1.807) is 0 Å². The molecule has 122 valence electrons. The fourth-order valence-electron chi connectivity index (χ4n) is 2.96. The van der Waals surface area contributed by atoms with Crippen molar-refractivity contribution in [3.63, 3.8) is 0 Å². The summed E-state index contributed by atoms with van der Waals surface area (Å²) < 4.78 is 5.64. The van der Waals surface area contributed by atoms with E-state index in [0.717, 1.165) is 27.8 Å². The second kappa shape index (κ2) is 5.79. The average molecular weight is 318 g/mol. The van der Waals surface area contributed by atoms with Crippen molar-refractivity contribution in [2.75, 3.05) is 0 Å². The van der Waals surface area contributed by atoms with Crippen LogP contribution in [0.4, 0.5) is 0 Å². The molecule has 1 aliphatic carbocycles. The monoisotopic (exact) mass is 318 g/mol. The number of aryl methyl sites for hydroxylation is 1. The standard InChI is InChI=1S/C22H22O2/c1-14-10-12-16(13-11-14)20-18-9-7-6-8-17(18)15(2)19(20)21(23)24-22(3,4)5/h6-13H,2H2,1,3-5H3. The van der Waals surface area contributed by atoms with E-state index in [1.807, 2.05) is 57.2 Å². The second-order valence-electron chi connectivity index (χ2n) is 7.14. The van der Waals surface area contributed by atoms with Crippen LogP contribution in [0.2, 0.25) is 0 Å². The maximum atomic E-state index is 12.8. The smallest absolute Gasteiger partial charge is 0.339 e. The van der Waals surface area contributed by atoms with E-state index in [1.165, 1.54) is 5.56 Å². The molecule has 0 saturated carbocycles. The minimum absolute atomic E-state index is 0.320. The Morgan fingerprint density at radius 1 is 0.958 bits per heavy atom. The predicted octanol–water partition coefficient (Wildman–Crippen LogP) is 5.17. The van der Waals surface area contributed by atoms with Gasteiger partial charge in [-0.3, -0.25) is 0 Å². The number of carbonyl (C=O) groups excluding carboxylic acids is 1. The predicted molar refractivity (Wildman–Crippen MR) is 98.5 cm³/mol. The molecule has 0 saturated heterocycles. The molecule has 0 heterocycles. The van der Waals surface area contributed by atoms with Gasteiger partial charge in [0, 0.05) is 5.57 Å². The first-order valence-corrected chi connectivity index (χ1v) is 8.11. The van der Waals surface area contributed by atoms with E-state index in [0.29, 0.717) is 5.57 Å². The van der Waals surface area contributed by atoms with Crippen LogP contribution < -0.4 is 0 Å². The van der Waals surface area contributed by atoms with Crippen LogP contribution in [0.15, 0.2) is 60.7 Å². The van der Waals surface area contributed by atoms with Gasteiger partial charge in [0.25, 0.3) is 0 Å². The third-order valence-electron chi connectivity index (χ3n) is 4.02. The summed E-state index contributed by atoms with van der Waals surface area (Å²) in [5, 5.41) is 0. The maximum Gasteiger partial charge on any atom is 0.339 e. The van der Waals surface area contributed by atoms with Gasteiger partial charge in [0.1, 0.15) is 5.60 Å². The highest BCUT2D eigenvalue weighted by Gasteiger charge is 2.32. The lowest BCUT2D eigenvalue weighted by Gasteiger charge is -2.21. The lowest BCUT2D eigenvalue weighted by Crippen LogP contribution is -2.25. The minimum Gasteiger partial charge on any atom is -0.456 e. The summed E-state index contributed by atoms with van der Waals surface area (Å²) in [6, 6.07) is 16.2. The second-order valence-corrected chi connectivity index (χ2v) is 7.14. The SMILES string of the molecule is C=C1C(C(=O)OC(C)(C)C)=C(c2ccc(C)cc2)c2ccccc21. The highest BCUT2D eigenvalue weighted by molar-refractivity contribution is 6.20. The van der Waals surface area contributed by atoms with Crippen molar-refractivity contribution in [1.29, 1.82) is 0 Å². The van der Waals surface area contributed by atoms with Crippen molar-refractivity contribution in [1.82, 2.24) is 0 Å². The van der Waals surface area contributed by atoms with Crippen molar-refractivity contribution < 1.29 is 9.53 Å². The quantitative estimate of drug-likeness (QED) is 0.714. The summed E-state index contributed by atoms with van der Waals surface area (Å²) in [4.78, 5) is 12.8. The summed E-state index contributed by atoms with van der Waals surface area (Å²) in [6.07, 6.45) is 0. The van der Waals surface area contributed by atoms with Gasteiger partial charge in [0.05, 0.1) is 5.57 Å². The highest BCUT2D eigenvalue weighted by atomic mass is 16.6. The van der Waals surface area contributed by atoms with Crippen LogP contribution >= 0.6 is 0 Å². The lowest BCUT2D eigenvalue weighted by molar-refractivity contribution is -0.149. The molecular formula is C22H22O2. The molecule has 0 aromatic heterocycles. The first kappa shape index (κ1) is 16.3. The third-order valence-corrected chi connectivity index (χ3v) is 4.02. The fraction of sp³-hybridized carbons (Fsp3) is 0.227. The van der Waals surface area contributed by atoms with Gasteiger partial charge in [-0.25, -0.2) is 4.79 Å². The molecule has 2 nitrogen and oxygen atoms in total. The number of benzene rings is 2. The van der Waals surface area contributed by atoms with Crippen LogP contribution in [0.5, 0.6) is 0 Å². The fourth-order valence-corrected chi connectivity index (χ4v) is 2.96. The molecule has 0 atom stereocenters. The molecule has 24 heavy (non-hydrogen) atoms. The zero-order chi connectivity index (χ0) is 17.5. The summed E-state index contributed by atoms with van der Waals surface area (Å²) >= 11 is 0. The number of hydrogen-bond donors (Lipinski definition) is 0. The highest BCUT2D eigenvalue weighted by Crippen LogP contribution is 2.44. The zero-order valence-electron chi connectivity index (χ0n) is 14.6. The van der Waals surface area contributed by atoms with Gasteiger partial charge in [0.15, 0.2) is 0 Å². The Bertz CT molecular complexity index is 846. The molecule has 2 aromatic carbocycles. The molecule has 1 aliphatic rings. The molecule has 0 aliphatic heterocycles. The van der Waals surface area contributed by atoms with Crippen LogP contribution in [0.25, 0.3) is 11.1 Å². The van der Waals surface area contributed by atoms with E-state index in [9.17, 15) is 4.79 Å². The maximum absolute atomic E-state index is 12.8. The lowest BCUT2D eigenvalue weighted by atomic mass is 9.96. The average Bonchev–Trinajstić information content (AvgIpc) is 2.80. The Kier molecular flexibility index (Phi) is 3.92. The summed E-state index contributed by atoms with van der Waals surface area (Å²) in [5.74, 6) is -0.320. The molecule has 0 unspecified atom stereocenters. The summed E-state index contributed by atoms with van der Waals surface area (Å²) in [7, 11) is 0. The molecule has 0 N–H and O–H groups in total. The Balaban J connectivity index is 2.20. The van der Waals surface area contributed by atoms with Crippen LogP contribution in [0.1, 0.15) is 43.0 Å². The molecule has 0 radical (unpaired) electrons. The normalized spacial score (nSPS) is 13.9. The van der Waals surface area contributed by atoms with Gasteiger partial charge in [0.2, 0.25) is 0 Å². The summed E-state index contributed by atoms with van der Waals surface area (Å²) in [6.45, 7) is 11.8. The third kappa shape index (κ3) is 2.92. The number of fused-ring (bicyclic) bond motifs is 1. The van der Waals surface area contributed by atoms with E-state index in [4.69, 9.17) is 4.74 Å². The first-order chi connectivity index (χ1) is 11.3. The van der Waals surface area contributed by atoms with Crippen molar-refractivity contribution in [2.45, 2.75) is 33.3 Å². The van der Waals surface area contributed by atoms with Crippen LogP contribution in [-0.2, 0) is 9.53 Å². The number of rotatable bonds is 2. The largest absolute Gasteiger partial charge is 0.456 e. The van der Waals surface area contributed by atoms with E-state index in [2.05, 4.69) is 25.6 Å². The van der Waals surface area contributed by atoms with E-state index >= 15 is 0 Å². The number of esters is 1. The van der Waals surface area contributed by atoms with Crippen LogP contribution in [0, 0.1) is 6.92 Å². The molecule has 0 bridgehead atoms. The van der Waals surface area contributed by atoms with Crippen LogP contribution in [-0.4, -0.2) is 11.6 Å². The molecule has 0 fully saturated rings. The first-order valence-electron chi connectivity index (χ1n) is 8.11. The van der Waals surface area contributed by atoms with Gasteiger partial charge in [-0.2, -0.15) is 0 Å². The topological polar surface area (TPSA) is 26.3 Å². The Morgan fingerprint density at radius 3 is 2.12 bits per heavy atom. The van der Waals surface area contributed by atoms with Gasteiger partial charge in [-0.05, 0) is 50.0 Å². The minimum atomic E-state index is -0.544. The van der Waals surface area contributed by atoms with Gasteiger partial charge >= 0.3 is 5.97 Å². The molecule has 2 heteroatoms. The Hall–Kier alpha value is -2.61. The van der Waals surface area contributed by atoms with Crippen LogP contribution in [0.3, 0.4) is 0 Å². The van der Waals surface area contributed by atoms with Gasteiger partial charge in [-0.15, -0.1) is 0 Å². The van der Waals surface area contributed by atoms with E-state index in [-0.39, 0.29) is 5.97 Å². The number of carbonyl (C=O) groups is 1. The Labute approximate surface area is 143 Å². The molecule has 0 amide bonds. The number of hydrogen-bond acceptors (Lipinski definition) is 2. The van der Waals surface area contributed by atoms with Crippen molar-refractivity contribution in [3.05, 3.63) is 82.9 Å². The molecule has 3 rings (SSSR count). The zero-order valence-corrected chi connectivity index (χ0v) is 14.6.